The zero-order chi connectivity index (χ0) is 13.0. The van der Waals surface area contributed by atoms with Crippen molar-refractivity contribution in [3.63, 3.8) is 0 Å². The van der Waals surface area contributed by atoms with Crippen LogP contribution in [0.15, 0.2) is 12.1 Å². The molecule has 1 aromatic rings. The fraction of sp³-hybridized carbons (Fsp3) is 0.364. The number of nitrogen functional groups attached to an aromatic ring is 1. The molecule has 0 radical (unpaired) electrons. The Morgan fingerprint density at radius 3 is 2.76 bits per heavy atom. The van der Waals surface area contributed by atoms with E-state index in [1.807, 2.05) is 0 Å². The lowest BCUT2D eigenvalue weighted by atomic mass is 10.2. The first kappa shape index (κ1) is 13.1. The standard InChI is InChI=1S/C11H15FN2O3/c1-6(2)17-10-4-9(14-5-11(15)16)8(13)3-7(10)12/h3-4,6,14H,5,13H2,1-2H3,(H,15,16). The molecule has 0 atom stereocenters. The maximum atomic E-state index is 13.4. The molecule has 4 N–H and O–H groups in total. The lowest BCUT2D eigenvalue weighted by Crippen LogP contribution is -2.14. The van der Waals surface area contributed by atoms with Crippen molar-refractivity contribution in [3.8, 4) is 5.75 Å². The van der Waals surface area contributed by atoms with Crippen LogP contribution in [-0.4, -0.2) is 23.7 Å². The van der Waals surface area contributed by atoms with E-state index in [4.69, 9.17) is 15.6 Å². The highest BCUT2D eigenvalue weighted by Gasteiger charge is 2.11. The summed E-state index contributed by atoms with van der Waals surface area (Å²) in [5.74, 6) is -1.56. The normalized spacial score (nSPS) is 10.4. The average Bonchev–Trinajstić information content (AvgIpc) is 2.19. The third-order valence-corrected chi connectivity index (χ3v) is 1.90. The third kappa shape index (κ3) is 3.82. The van der Waals surface area contributed by atoms with Gasteiger partial charge in [-0.05, 0) is 13.8 Å². The van der Waals surface area contributed by atoms with Gasteiger partial charge in [0.1, 0.15) is 6.54 Å². The zero-order valence-electron chi connectivity index (χ0n) is 9.66. The van der Waals surface area contributed by atoms with E-state index in [0.717, 1.165) is 6.07 Å². The second-order valence-electron chi connectivity index (χ2n) is 3.78. The van der Waals surface area contributed by atoms with Gasteiger partial charge in [0.25, 0.3) is 0 Å². The van der Waals surface area contributed by atoms with Crippen LogP contribution in [0.1, 0.15) is 13.8 Å². The van der Waals surface area contributed by atoms with E-state index in [1.165, 1.54) is 6.07 Å². The van der Waals surface area contributed by atoms with Crippen molar-refractivity contribution in [1.29, 1.82) is 0 Å². The molecular formula is C11H15FN2O3. The van der Waals surface area contributed by atoms with Crippen LogP contribution in [0.3, 0.4) is 0 Å². The highest BCUT2D eigenvalue weighted by atomic mass is 19.1. The minimum atomic E-state index is -1.03. The number of rotatable bonds is 5. The van der Waals surface area contributed by atoms with Gasteiger partial charge in [-0.2, -0.15) is 0 Å². The highest BCUT2D eigenvalue weighted by molar-refractivity contribution is 5.76. The molecule has 0 unspecified atom stereocenters. The quantitative estimate of drug-likeness (QED) is 0.684. The predicted octanol–water partition coefficient (Wildman–Crippen LogP) is 1.69. The molecule has 5 nitrogen and oxygen atoms in total. The van der Waals surface area contributed by atoms with Crippen LogP contribution < -0.4 is 15.8 Å². The summed E-state index contributed by atoms with van der Waals surface area (Å²) in [4.78, 5) is 10.4. The number of anilines is 2. The summed E-state index contributed by atoms with van der Waals surface area (Å²) in [5.41, 5.74) is 6.03. The fourth-order valence-electron chi connectivity index (χ4n) is 1.24. The zero-order valence-corrected chi connectivity index (χ0v) is 9.66. The summed E-state index contributed by atoms with van der Waals surface area (Å²) < 4.78 is 18.7. The topological polar surface area (TPSA) is 84.6 Å². The SMILES string of the molecule is CC(C)Oc1cc(NCC(=O)O)c(N)cc1F. The van der Waals surface area contributed by atoms with Crippen molar-refractivity contribution in [3.05, 3.63) is 17.9 Å². The summed E-state index contributed by atoms with van der Waals surface area (Å²) in [5, 5.41) is 11.1. The van der Waals surface area contributed by atoms with Gasteiger partial charge < -0.3 is 20.9 Å². The average molecular weight is 242 g/mol. The third-order valence-electron chi connectivity index (χ3n) is 1.90. The van der Waals surface area contributed by atoms with Gasteiger partial charge in [-0.1, -0.05) is 0 Å². The second-order valence-corrected chi connectivity index (χ2v) is 3.78. The number of hydrogen-bond acceptors (Lipinski definition) is 4. The first-order chi connectivity index (χ1) is 7.90. The Morgan fingerprint density at radius 1 is 1.59 bits per heavy atom. The van der Waals surface area contributed by atoms with Crippen LogP contribution >= 0.6 is 0 Å². The molecule has 0 aliphatic carbocycles. The van der Waals surface area contributed by atoms with Crippen molar-refractivity contribution < 1.29 is 19.0 Å². The number of carbonyl (C=O) groups is 1. The smallest absolute Gasteiger partial charge is 0.322 e. The second kappa shape index (κ2) is 5.38. The molecule has 0 amide bonds. The van der Waals surface area contributed by atoms with E-state index in [1.54, 1.807) is 13.8 Å². The number of halogens is 1. The molecule has 0 aliphatic rings. The molecule has 0 spiro atoms. The number of carboxylic acids is 1. The van der Waals surface area contributed by atoms with Gasteiger partial charge in [0.15, 0.2) is 11.6 Å². The minimum Gasteiger partial charge on any atom is -0.488 e. The molecule has 0 fully saturated rings. The molecule has 1 rings (SSSR count). The number of hydrogen-bond donors (Lipinski definition) is 3. The van der Waals surface area contributed by atoms with Crippen molar-refractivity contribution >= 4 is 17.3 Å². The number of carboxylic acid groups (broad SMARTS) is 1. The summed E-state index contributed by atoms with van der Waals surface area (Å²) in [6.45, 7) is 3.23. The highest BCUT2D eigenvalue weighted by Crippen LogP contribution is 2.28. The molecule has 0 aliphatic heterocycles. The van der Waals surface area contributed by atoms with E-state index in [9.17, 15) is 9.18 Å². The van der Waals surface area contributed by atoms with Crippen molar-refractivity contribution in [1.82, 2.24) is 0 Å². The van der Waals surface area contributed by atoms with E-state index in [2.05, 4.69) is 5.32 Å². The molecule has 0 heterocycles. The minimum absolute atomic E-state index is 0.0436. The Bertz CT molecular complexity index is 421. The van der Waals surface area contributed by atoms with Gasteiger partial charge in [-0.15, -0.1) is 0 Å². The largest absolute Gasteiger partial charge is 0.488 e. The fourth-order valence-corrected chi connectivity index (χ4v) is 1.24. The Morgan fingerprint density at radius 2 is 2.24 bits per heavy atom. The van der Waals surface area contributed by atoms with Crippen LogP contribution in [0.25, 0.3) is 0 Å². The van der Waals surface area contributed by atoms with Gasteiger partial charge >= 0.3 is 5.97 Å². The Kier molecular flexibility index (Phi) is 4.14. The molecule has 94 valence electrons. The number of nitrogens with one attached hydrogen (secondary N) is 1. The summed E-state index contributed by atoms with van der Waals surface area (Å²) in [6.07, 6.45) is -0.180. The van der Waals surface area contributed by atoms with Crippen molar-refractivity contribution in [2.24, 2.45) is 0 Å². The first-order valence-corrected chi connectivity index (χ1v) is 5.11. The number of benzene rings is 1. The molecule has 17 heavy (non-hydrogen) atoms. The van der Waals surface area contributed by atoms with Gasteiger partial charge in [-0.25, -0.2) is 4.39 Å². The molecule has 0 aromatic heterocycles. The van der Waals surface area contributed by atoms with Crippen LogP contribution in [0.4, 0.5) is 15.8 Å². The Labute approximate surface area is 98.4 Å². The van der Waals surface area contributed by atoms with Gasteiger partial charge in [0.2, 0.25) is 0 Å². The van der Waals surface area contributed by atoms with Gasteiger partial charge in [0.05, 0.1) is 17.5 Å². The maximum Gasteiger partial charge on any atom is 0.322 e. The van der Waals surface area contributed by atoms with Crippen molar-refractivity contribution in [2.45, 2.75) is 20.0 Å². The van der Waals surface area contributed by atoms with Crippen LogP contribution in [0.5, 0.6) is 5.75 Å². The van der Waals surface area contributed by atoms with Crippen LogP contribution in [0.2, 0.25) is 0 Å². The van der Waals surface area contributed by atoms with E-state index in [-0.39, 0.29) is 24.1 Å². The first-order valence-electron chi connectivity index (χ1n) is 5.11. The molecule has 1 aromatic carbocycles. The van der Waals surface area contributed by atoms with Gasteiger partial charge in [-0.3, -0.25) is 4.79 Å². The molecule has 0 saturated carbocycles. The summed E-state index contributed by atoms with van der Waals surface area (Å²) in [6, 6.07) is 2.45. The summed E-state index contributed by atoms with van der Waals surface area (Å²) in [7, 11) is 0. The van der Waals surface area contributed by atoms with E-state index >= 15 is 0 Å². The monoisotopic (exact) mass is 242 g/mol. The molecular weight excluding hydrogens is 227 g/mol. The molecule has 0 bridgehead atoms. The van der Waals surface area contributed by atoms with Crippen LogP contribution in [-0.2, 0) is 4.79 Å². The lowest BCUT2D eigenvalue weighted by molar-refractivity contribution is -0.134. The maximum absolute atomic E-state index is 13.4. The number of nitrogens with two attached hydrogens (primary N) is 1. The van der Waals surface area contributed by atoms with Gasteiger partial charge in [0, 0.05) is 12.1 Å². The van der Waals surface area contributed by atoms with Crippen LogP contribution in [0, 0.1) is 5.82 Å². The Balaban J connectivity index is 2.93. The number of ether oxygens (including phenoxy) is 1. The molecule has 6 heteroatoms. The van der Waals surface area contributed by atoms with E-state index in [0.29, 0.717) is 5.69 Å². The number of aliphatic carboxylic acids is 1. The Hall–Kier alpha value is -1.98. The lowest BCUT2D eigenvalue weighted by Gasteiger charge is -2.14. The predicted molar refractivity (Wildman–Crippen MR) is 62.7 cm³/mol. The summed E-state index contributed by atoms with van der Waals surface area (Å²) >= 11 is 0. The molecule has 0 saturated heterocycles. The van der Waals surface area contributed by atoms with E-state index < -0.39 is 11.8 Å². The van der Waals surface area contributed by atoms with Crippen molar-refractivity contribution in [2.75, 3.05) is 17.6 Å².